The third-order valence-electron chi connectivity index (χ3n) is 2.76. The van der Waals surface area contributed by atoms with Crippen molar-refractivity contribution in [1.82, 2.24) is 0 Å². The lowest BCUT2D eigenvalue weighted by Crippen LogP contribution is -1.98. The smallest absolute Gasteiger partial charge is 0.0628 e. The van der Waals surface area contributed by atoms with Crippen LogP contribution >= 0.6 is 33.7 Å². The predicted molar refractivity (Wildman–Crippen MR) is 75.3 cm³/mol. The summed E-state index contributed by atoms with van der Waals surface area (Å²) in [6.07, 6.45) is 0. The van der Waals surface area contributed by atoms with Crippen LogP contribution in [0.25, 0.3) is 0 Å². The van der Waals surface area contributed by atoms with Crippen LogP contribution in [0, 0.1) is 0 Å². The van der Waals surface area contributed by atoms with Gasteiger partial charge in [0.1, 0.15) is 0 Å². The molecule has 0 radical (unpaired) electrons. The molecule has 90 valence electrons. The first kappa shape index (κ1) is 11.6. The lowest BCUT2D eigenvalue weighted by atomic mass is 10.2. The van der Waals surface area contributed by atoms with Gasteiger partial charge in [-0.15, -0.1) is 23.1 Å². The van der Waals surface area contributed by atoms with E-state index in [1.165, 1.54) is 4.21 Å². The minimum atomic E-state index is -2.57. The van der Waals surface area contributed by atoms with E-state index in [1.807, 2.05) is 35.7 Å². The summed E-state index contributed by atoms with van der Waals surface area (Å²) in [6, 6.07) is 11.8. The van der Waals surface area contributed by atoms with Gasteiger partial charge in [0.15, 0.2) is 0 Å². The highest BCUT2D eigenvalue weighted by atomic mass is 32.3. The van der Waals surface area contributed by atoms with Gasteiger partial charge < -0.3 is 0 Å². The summed E-state index contributed by atoms with van der Waals surface area (Å²) in [4.78, 5) is 0.731. The zero-order valence-corrected chi connectivity index (χ0v) is 11.4. The van der Waals surface area contributed by atoms with Gasteiger partial charge in [-0.3, -0.25) is 9.11 Å². The van der Waals surface area contributed by atoms with Gasteiger partial charge >= 0.3 is 0 Å². The van der Waals surface area contributed by atoms with Crippen molar-refractivity contribution in [3.8, 4) is 0 Å². The number of hydrogen-bond donors (Lipinski definition) is 2. The summed E-state index contributed by atoms with van der Waals surface area (Å²) in [7, 11) is -2.57. The van der Waals surface area contributed by atoms with E-state index in [-0.39, 0.29) is 5.25 Å². The van der Waals surface area contributed by atoms with Crippen molar-refractivity contribution in [3.63, 3.8) is 0 Å². The molecule has 0 amide bonds. The van der Waals surface area contributed by atoms with Crippen LogP contribution in [0.5, 0.6) is 0 Å². The molecule has 2 nitrogen and oxygen atoms in total. The Morgan fingerprint density at radius 2 is 2.00 bits per heavy atom. The molecular formula is C12H12O2S3. The lowest BCUT2D eigenvalue weighted by molar-refractivity contribution is 0.492. The van der Waals surface area contributed by atoms with E-state index in [2.05, 4.69) is 6.07 Å². The first-order chi connectivity index (χ1) is 8.17. The van der Waals surface area contributed by atoms with E-state index in [0.29, 0.717) is 5.75 Å². The first-order valence-electron chi connectivity index (χ1n) is 5.22. The molecule has 2 N–H and O–H groups in total. The molecule has 1 aromatic carbocycles. The second-order valence-electron chi connectivity index (χ2n) is 3.91. The number of fused-ring (bicyclic) bond motifs is 1. The average Bonchev–Trinajstić information content (AvgIpc) is 2.88. The largest absolute Gasteiger partial charge is 0.295 e. The van der Waals surface area contributed by atoms with Gasteiger partial charge in [-0.1, -0.05) is 24.3 Å². The highest BCUT2D eigenvalue weighted by Crippen LogP contribution is 2.62. The molecule has 3 rings (SSSR count). The highest BCUT2D eigenvalue weighted by molar-refractivity contribution is 8.25. The number of thioether (sulfide) groups is 1. The molecule has 1 unspecified atom stereocenters. The van der Waals surface area contributed by atoms with E-state index >= 15 is 0 Å². The summed E-state index contributed by atoms with van der Waals surface area (Å²) in [6.45, 7) is 0. The predicted octanol–water partition coefficient (Wildman–Crippen LogP) is 4.70. The first-order valence-corrected chi connectivity index (χ1v) is 8.69. The van der Waals surface area contributed by atoms with Crippen molar-refractivity contribution in [2.75, 3.05) is 5.75 Å². The fourth-order valence-corrected chi connectivity index (χ4v) is 6.54. The van der Waals surface area contributed by atoms with Crippen LogP contribution in [0.15, 0.2) is 50.9 Å². The Bertz CT molecular complexity index is 522. The van der Waals surface area contributed by atoms with Crippen LogP contribution in [0.2, 0.25) is 0 Å². The molecule has 5 heteroatoms. The van der Waals surface area contributed by atoms with Gasteiger partial charge in [0.05, 0.1) is 20.1 Å². The van der Waals surface area contributed by atoms with Gasteiger partial charge in [0.2, 0.25) is 0 Å². The summed E-state index contributed by atoms with van der Waals surface area (Å²) >= 11 is 3.42. The van der Waals surface area contributed by atoms with Gasteiger partial charge in [-0.2, -0.15) is 10.6 Å². The maximum absolute atomic E-state index is 10.1. The number of rotatable bonds is 2. The Kier molecular flexibility index (Phi) is 2.96. The van der Waals surface area contributed by atoms with Gasteiger partial charge in [0, 0.05) is 0 Å². The maximum atomic E-state index is 10.1. The fraction of sp³-hybridized carbons (Fsp3) is 0.167. The molecule has 0 bridgehead atoms. The van der Waals surface area contributed by atoms with Gasteiger partial charge in [0.25, 0.3) is 0 Å². The Morgan fingerprint density at radius 1 is 1.18 bits per heavy atom. The third-order valence-corrected chi connectivity index (χ3v) is 7.15. The summed E-state index contributed by atoms with van der Waals surface area (Å²) in [5.41, 5.74) is 1.07. The van der Waals surface area contributed by atoms with Crippen molar-refractivity contribution >= 4 is 33.7 Å². The van der Waals surface area contributed by atoms with Crippen LogP contribution in [0.1, 0.15) is 10.8 Å². The Hall–Kier alpha value is -0.460. The van der Waals surface area contributed by atoms with E-state index in [1.54, 1.807) is 23.1 Å². The van der Waals surface area contributed by atoms with Crippen molar-refractivity contribution < 1.29 is 9.11 Å². The van der Waals surface area contributed by atoms with E-state index < -0.39 is 10.6 Å². The zero-order valence-electron chi connectivity index (χ0n) is 8.95. The second-order valence-corrected chi connectivity index (χ2v) is 8.47. The van der Waals surface area contributed by atoms with Crippen LogP contribution < -0.4 is 0 Å². The quantitative estimate of drug-likeness (QED) is 0.839. The topological polar surface area (TPSA) is 40.5 Å². The van der Waals surface area contributed by atoms with E-state index in [4.69, 9.17) is 0 Å². The molecule has 0 spiro atoms. The van der Waals surface area contributed by atoms with Gasteiger partial charge in [-0.25, -0.2) is 0 Å². The summed E-state index contributed by atoms with van der Waals surface area (Å²) in [5.74, 6) is 0.439. The molecule has 1 aliphatic rings. The molecule has 1 atom stereocenters. The summed E-state index contributed by atoms with van der Waals surface area (Å²) < 4.78 is 21.4. The van der Waals surface area contributed by atoms with Gasteiger partial charge in [-0.05, 0) is 23.1 Å². The maximum Gasteiger partial charge on any atom is 0.0628 e. The van der Waals surface area contributed by atoms with Crippen LogP contribution in [-0.2, 0) is 0 Å². The second kappa shape index (κ2) is 4.33. The van der Waals surface area contributed by atoms with Crippen LogP contribution in [-0.4, -0.2) is 14.9 Å². The monoisotopic (exact) mass is 284 g/mol. The number of benzene rings is 1. The van der Waals surface area contributed by atoms with Crippen LogP contribution in [0.4, 0.5) is 0 Å². The molecule has 2 aromatic rings. The Morgan fingerprint density at radius 3 is 2.76 bits per heavy atom. The van der Waals surface area contributed by atoms with Crippen molar-refractivity contribution in [1.29, 1.82) is 0 Å². The SMILES string of the molecule is OS1(O)CC(Sc2cccs2)c2ccccc21. The fourth-order valence-electron chi connectivity index (χ4n) is 2.00. The molecule has 0 aliphatic carbocycles. The van der Waals surface area contributed by atoms with Crippen molar-refractivity contribution in [3.05, 3.63) is 47.3 Å². The minimum Gasteiger partial charge on any atom is -0.295 e. The molecule has 2 heterocycles. The minimum absolute atomic E-state index is 0.162. The highest BCUT2D eigenvalue weighted by Gasteiger charge is 2.35. The number of hydrogen-bond acceptors (Lipinski definition) is 4. The standard InChI is InChI=1S/C12H12O2S3/c13-17(14)8-10(16-12-6-3-7-15-12)9-4-1-2-5-11(9)17/h1-7,10,13-14H,8H2. The molecule has 17 heavy (non-hydrogen) atoms. The normalized spacial score (nSPS) is 23.3. The molecule has 1 aromatic heterocycles. The van der Waals surface area contributed by atoms with Crippen molar-refractivity contribution in [2.45, 2.75) is 14.4 Å². The molecule has 0 fully saturated rings. The lowest BCUT2D eigenvalue weighted by Gasteiger charge is -2.27. The molecular weight excluding hydrogens is 272 g/mol. The van der Waals surface area contributed by atoms with E-state index in [9.17, 15) is 9.11 Å². The molecule has 0 saturated heterocycles. The van der Waals surface area contributed by atoms with E-state index in [0.717, 1.165) is 10.5 Å². The number of thiophene rings is 1. The zero-order chi connectivity index (χ0) is 11.9. The summed E-state index contributed by atoms with van der Waals surface area (Å²) in [5, 5.41) is 2.20. The molecule has 0 saturated carbocycles. The average molecular weight is 284 g/mol. The Balaban J connectivity index is 1.94. The van der Waals surface area contributed by atoms with Crippen LogP contribution in [0.3, 0.4) is 0 Å². The Labute approximate surface area is 110 Å². The third kappa shape index (κ3) is 2.13. The van der Waals surface area contributed by atoms with Crippen molar-refractivity contribution in [2.24, 2.45) is 0 Å². The molecule has 1 aliphatic heterocycles.